The molecule has 2 rings (SSSR count). The predicted octanol–water partition coefficient (Wildman–Crippen LogP) is 4.68. The SMILES string of the molecule is N#C/C(=C/NCCc1ccc(F)cc1)C(=O)Nc1ccc(Cl)c(C(F)(F)F)c1. The molecule has 0 unspecified atom stereocenters. The van der Waals surface area contributed by atoms with Crippen LogP contribution in [0.2, 0.25) is 5.02 Å². The van der Waals surface area contributed by atoms with Crippen molar-refractivity contribution in [3.63, 3.8) is 0 Å². The van der Waals surface area contributed by atoms with Crippen LogP contribution in [0.1, 0.15) is 11.1 Å². The van der Waals surface area contributed by atoms with Gasteiger partial charge >= 0.3 is 6.18 Å². The van der Waals surface area contributed by atoms with Crippen molar-refractivity contribution in [3.05, 3.63) is 76.2 Å². The largest absolute Gasteiger partial charge is 0.417 e. The van der Waals surface area contributed by atoms with E-state index in [1.807, 2.05) is 0 Å². The Balaban J connectivity index is 1.98. The number of benzene rings is 2. The first kappa shape index (κ1) is 21.3. The minimum atomic E-state index is -4.67. The average molecular weight is 412 g/mol. The average Bonchev–Trinajstić information content (AvgIpc) is 2.64. The van der Waals surface area contributed by atoms with Crippen molar-refractivity contribution in [2.24, 2.45) is 0 Å². The van der Waals surface area contributed by atoms with E-state index < -0.39 is 22.7 Å². The summed E-state index contributed by atoms with van der Waals surface area (Å²) in [5, 5.41) is 13.6. The molecule has 0 heterocycles. The Kier molecular flexibility index (Phi) is 7.01. The second-order valence-electron chi connectivity index (χ2n) is 5.65. The van der Waals surface area contributed by atoms with Crippen molar-refractivity contribution >= 4 is 23.2 Å². The van der Waals surface area contributed by atoms with Gasteiger partial charge in [-0.2, -0.15) is 18.4 Å². The third-order valence-corrected chi connectivity index (χ3v) is 3.94. The molecule has 4 nitrogen and oxygen atoms in total. The molecule has 0 aromatic heterocycles. The van der Waals surface area contributed by atoms with Crippen molar-refractivity contribution in [2.45, 2.75) is 12.6 Å². The fourth-order valence-electron chi connectivity index (χ4n) is 2.21. The van der Waals surface area contributed by atoms with Crippen LogP contribution in [-0.4, -0.2) is 12.5 Å². The monoisotopic (exact) mass is 411 g/mol. The van der Waals surface area contributed by atoms with Crippen LogP contribution in [0.5, 0.6) is 0 Å². The molecule has 0 atom stereocenters. The van der Waals surface area contributed by atoms with E-state index in [4.69, 9.17) is 16.9 Å². The van der Waals surface area contributed by atoms with Crippen molar-refractivity contribution < 1.29 is 22.4 Å². The summed E-state index contributed by atoms with van der Waals surface area (Å²) in [6.45, 7) is 0.364. The number of nitrogens with one attached hydrogen (secondary N) is 2. The van der Waals surface area contributed by atoms with Crippen LogP contribution < -0.4 is 10.6 Å². The lowest BCUT2D eigenvalue weighted by atomic mass is 10.1. The molecule has 0 saturated heterocycles. The summed E-state index contributed by atoms with van der Waals surface area (Å²) in [5.74, 6) is -1.22. The second-order valence-corrected chi connectivity index (χ2v) is 6.05. The molecule has 1 amide bonds. The quantitative estimate of drug-likeness (QED) is 0.314. The highest BCUT2D eigenvalue weighted by Gasteiger charge is 2.33. The summed E-state index contributed by atoms with van der Waals surface area (Å²) in [4.78, 5) is 12.1. The Bertz CT molecular complexity index is 918. The van der Waals surface area contributed by atoms with Gasteiger partial charge in [0, 0.05) is 18.4 Å². The third-order valence-electron chi connectivity index (χ3n) is 3.61. The van der Waals surface area contributed by atoms with Gasteiger partial charge in [0.15, 0.2) is 0 Å². The van der Waals surface area contributed by atoms with Gasteiger partial charge in [-0.05, 0) is 42.3 Å². The minimum absolute atomic E-state index is 0.144. The highest BCUT2D eigenvalue weighted by Crippen LogP contribution is 2.36. The minimum Gasteiger partial charge on any atom is -0.389 e. The van der Waals surface area contributed by atoms with E-state index in [2.05, 4.69) is 10.6 Å². The fraction of sp³-hybridized carbons (Fsp3) is 0.158. The summed E-state index contributed by atoms with van der Waals surface area (Å²) in [6, 6.07) is 10.4. The molecule has 0 radical (unpaired) electrons. The van der Waals surface area contributed by atoms with Gasteiger partial charge in [-0.1, -0.05) is 23.7 Å². The lowest BCUT2D eigenvalue weighted by molar-refractivity contribution is -0.137. The maximum Gasteiger partial charge on any atom is 0.417 e. The molecule has 0 spiro atoms. The lowest BCUT2D eigenvalue weighted by Crippen LogP contribution is -2.18. The number of hydrogen-bond acceptors (Lipinski definition) is 3. The normalized spacial score (nSPS) is 11.6. The van der Waals surface area contributed by atoms with Gasteiger partial charge < -0.3 is 10.6 Å². The molecule has 28 heavy (non-hydrogen) atoms. The Morgan fingerprint density at radius 3 is 2.46 bits per heavy atom. The highest BCUT2D eigenvalue weighted by molar-refractivity contribution is 6.31. The number of anilines is 1. The van der Waals surface area contributed by atoms with Gasteiger partial charge in [0.25, 0.3) is 5.91 Å². The zero-order valence-electron chi connectivity index (χ0n) is 14.3. The van der Waals surface area contributed by atoms with E-state index in [0.29, 0.717) is 19.0 Å². The molecular weight excluding hydrogens is 398 g/mol. The van der Waals surface area contributed by atoms with Gasteiger partial charge in [-0.3, -0.25) is 4.79 Å². The highest BCUT2D eigenvalue weighted by atomic mass is 35.5. The van der Waals surface area contributed by atoms with Crippen molar-refractivity contribution in [1.82, 2.24) is 5.32 Å². The Labute approximate surface area is 163 Å². The summed E-state index contributed by atoms with van der Waals surface area (Å²) < 4.78 is 51.4. The first-order valence-corrected chi connectivity index (χ1v) is 8.34. The van der Waals surface area contributed by atoms with Crippen LogP contribution in [-0.2, 0) is 17.4 Å². The number of halogens is 5. The topological polar surface area (TPSA) is 64.9 Å². The van der Waals surface area contributed by atoms with E-state index in [0.717, 1.165) is 11.6 Å². The Morgan fingerprint density at radius 1 is 1.18 bits per heavy atom. The molecule has 0 aliphatic heterocycles. The van der Waals surface area contributed by atoms with Crippen LogP contribution in [0.25, 0.3) is 0 Å². The molecule has 0 aliphatic rings. The van der Waals surface area contributed by atoms with E-state index in [-0.39, 0.29) is 17.1 Å². The van der Waals surface area contributed by atoms with Crippen molar-refractivity contribution in [1.29, 1.82) is 5.26 Å². The smallest absolute Gasteiger partial charge is 0.389 e. The van der Waals surface area contributed by atoms with Crippen molar-refractivity contribution in [3.8, 4) is 6.07 Å². The van der Waals surface area contributed by atoms with E-state index in [1.54, 1.807) is 18.2 Å². The number of nitrogens with zero attached hydrogens (tertiary/aromatic N) is 1. The fourth-order valence-corrected chi connectivity index (χ4v) is 2.43. The van der Waals surface area contributed by atoms with Crippen LogP contribution in [0.4, 0.5) is 23.2 Å². The van der Waals surface area contributed by atoms with E-state index in [9.17, 15) is 22.4 Å². The van der Waals surface area contributed by atoms with Gasteiger partial charge in [0.2, 0.25) is 0 Å². The summed E-state index contributed by atoms with van der Waals surface area (Å²) >= 11 is 5.52. The van der Waals surface area contributed by atoms with Gasteiger partial charge in [0.05, 0.1) is 10.6 Å². The van der Waals surface area contributed by atoms with Crippen LogP contribution in [0.3, 0.4) is 0 Å². The number of amides is 1. The number of nitriles is 1. The standard InChI is InChI=1S/C19H14ClF4N3O/c20-17-6-5-15(9-16(17)19(22,23)24)27-18(28)13(10-25)11-26-8-7-12-1-3-14(21)4-2-12/h1-6,9,11,26H,7-8H2,(H,27,28)/b13-11-. The zero-order valence-corrected chi connectivity index (χ0v) is 15.0. The number of hydrogen-bond donors (Lipinski definition) is 2. The Hall–Kier alpha value is -3.05. The first-order chi connectivity index (χ1) is 13.2. The molecule has 146 valence electrons. The first-order valence-electron chi connectivity index (χ1n) is 7.97. The number of rotatable bonds is 6. The summed E-state index contributed by atoms with van der Waals surface area (Å²) in [6.07, 6.45) is -2.99. The molecule has 0 saturated carbocycles. The van der Waals surface area contributed by atoms with E-state index in [1.165, 1.54) is 24.4 Å². The zero-order chi connectivity index (χ0) is 20.7. The molecule has 0 aliphatic carbocycles. The summed E-state index contributed by atoms with van der Waals surface area (Å²) in [5.41, 5.74) is -0.699. The maximum atomic E-state index is 12.9. The molecular formula is C19H14ClF4N3O. The van der Waals surface area contributed by atoms with Crippen LogP contribution >= 0.6 is 11.6 Å². The summed E-state index contributed by atoms with van der Waals surface area (Å²) in [7, 11) is 0. The molecule has 2 aromatic carbocycles. The van der Waals surface area contributed by atoms with Gasteiger partial charge in [-0.25, -0.2) is 4.39 Å². The lowest BCUT2D eigenvalue weighted by Gasteiger charge is -2.11. The number of alkyl halides is 3. The third kappa shape index (κ3) is 5.99. The second kappa shape index (κ2) is 9.24. The van der Waals surface area contributed by atoms with Crippen LogP contribution in [0, 0.1) is 17.1 Å². The molecule has 2 aromatic rings. The predicted molar refractivity (Wildman–Crippen MR) is 96.9 cm³/mol. The van der Waals surface area contributed by atoms with E-state index >= 15 is 0 Å². The molecule has 9 heteroatoms. The van der Waals surface area contributed by atoms with Crippen molar-refractivity contribution in [2.75, 3.05) is 11.9 Å². The molecule has 0 fully saturated rings. The number of carbonyl (C=O) groups is 1. The van der Waals surface area contributed by atoms with Gasteiger partial charge in [-0.15, -0.1) is 0 Å². The van der Waals surface area contributed by atoms with Crippen LogP contribution in [0.15, 0.2) is 54.2 Å². The maximum absolute atomic E-state index is 12.9. The molecule has 2 N–H and O–H groups in total. The number of carbonyl (C=O) groups excluding carboxylic acids is 1. The molecule has 0 bridgehead atoms. The van der Waals surface area contributed by atoms with Gasteiger partial charge in [0.1, 0.15) is 17.5 Å². The Morgan fingerprint density at radius 2 is 1.86 bits per heavy atom.